The van der Waals surface area contributed by atoms with Gasteiger partial charge in [0.25, 0.3) is 5.91 Å². The first kappa shape index (κ1) is 11.2. The zero-order valence-electron chi connectivity index (χ0n) is 7.20. The van der Waals surface area contributed by atoms with Crippen LogP contribution >= 0.6 is 0 Å². The van der Waals surface area contributed by atoms with Crippen LogP contribution in [-0.4, -0.2) is 37.9 Å². The van der Waals surface area contributed by atoms with Crippen LogP contribution in [0.5, 0.6) is 0 Å². The maximum Gasteiger partial charge on any atom is 0.383 e. The molecule has 1 saturated heterocycles. The van der Waals surface area contributed by atoms with E-state index in [9.17, 15) is 22.4 Å². The lowest BCUT2D eigenvalue weighted by atomic mass is 10.0. The van der Waals surface area contributed by atoms with Gasteiger partial charge in [0.05, 0.1) is 0 Å². The molecule has 1 heterocycles. The van der Waals surface area contributed by atoms with Crippen molar-refractivity contribution in [2.45, 2.75) is 12.3 Å². The maximum absolute atomic E-state index is 12.3. The van der Waals surface area contributed by atoms with Crippen molar-refractivity contribution in [3.05, 3.63) is 0 Å². The molecule has 1 amide bonds. The maximum atomic E-state index is 12.3. The lowest BCUT2D eigenvalue weighted by Crippen LogP contribution is -2.52. The van der Waals surface area contributed by atoms with Crippen molar-refractivity contribution in [3.8, 4) is 0 Å². The summed E-state index contributed by atoms with van der Waals surface area (Å²) in [4.78, 5) is 10.6. The topological polar surface area (TPSA) is 41.1 Å². The van der Waals surface area contributed by atoms with Crippen molar-refractivity contribution in [1.82, 2.24) is 10.6 Å². The number of rotatable bonds is 4. The molecule has 0 atom stereocenters. The highest BCUT2D eigenvalue weighted by Crippen LogP contribution is 2.22. The van der Waals surface area contributed by atoms with Gasteiger partial charge in [0.15, 0.2) is 0 Å². The number of carbonyl (C=O) groups is 1. The first-order valence-corrected chi connectivity index (χ1v) is 4.09. The van der Waals surface area contributed by atoms with Crippen molar-refractivity contribution in [1.29, 1.82) is 0 Å². The lowest BCUT2D eigenvalue weighted by molar-refractivity contribution is -0.169. The number of amides is 1. The fourth-order valence-corrected chi connectivity index (χ4v) is 0.947. The van der Waals surface area contributed by atoms with Gasteiger partial charge in [0.1, 0.15) is 0 Å². The van der Waals surface area contributed by atoms with Crippen molar-refractivity contribution in [3.63, 3.8) is 0 Å². The van der Waals surface area contributed by atoms with Crippen LogP contribution in [0.4, 0.5) is 17.6 Å². The highest BCUT2D eigenvalue weighted by atomic mass is 19.3. The Morgan fingerprint density at radius 2 is 2.07 bits per heavy atom. The second kappa shape index (κ2) is 4.12. The summed E-state index contributed by atoms with van der Waals surface area (Å²) >= 11 is 0. The predicted octanol–water partition coefficient (Wildman–Crippen LogP) is 0.222. The first-order chi connectivity index (χ1) is 6.44. The highest BCUT2D eigenvalue weighted by molar-refractivity contribution is 5.83. The van der Waals surface area contributed by atoms with Gasteiger partial charge in [0, 0.05) is 25.6 Å². The Morgan fingerprint density at radius 3 is 2.43 bits per heavy atom. The van der Waals surface area contributed by atoms with E-state index < -0.39 is 18.3 Å². The average molecular weight is 214 g/mol. The van der Waals surface area contributed by atoms with Crippen molar-refractivity contribution < 1.29 is 22.4 Å². The van der Waals surface area contributed by atoms with Crippen LogP contribution in [0, 0.1) is 5.92 Å². The Morgan fingerprint density at radius 1 is 1.50 bits per heavy atom. The van der Waals surface area contributed by atoms with Gasteiger partial charge in [-0.25, -0.2) is 8.78 Å². The second-order valence-electron chi connectivity index (χ2n) is 3.16. The molecule has 14 heavy (non-hydrogen) atoms. The molecule has 0 spiro atoms. The van der Waals surface area contributed by atoms with Gasteiger partial charge in [-0.2, -0.15) is 8.78 Å². The standard InChI is InChI=1S/C7H10F4N2O/c8-5(9)7(10,11)6(14)13-3-4-1-12-2-4/h4-5,12H,1-3H2,(H,13,14). The molecule has 0 radical (unpaired) electrons. The molecule has 82 valence electrons. The van der Waals surface area contributed by atoms with Gasteiger partial charge < -0.3 is 10.6 Å². The van der Waals surface area contributed by atoms with Crippen LogP contribution in [-0.2, 0) is 4.79 Å². The van der Waals surface area contributed by atoms with Gasteiger partial charge in [-0.3, -0.25) is 4.79 Å². The van der Waals surface area contributed by atoms with Crippen molar-refractivity contribution in [2.75, 3.05) is 19.6 Å². The molecule has 2 N–H and O–H groups in total. The summed E-state index contributed by atoms with van der Waals surface area (Å²) in [5.74, 6) is -6.43. The van der Waals surface area contributed by atoms with Gasteiger partial charge in [0.2, 0.25) is 0 Å². The Labute approximate surface area is 77.8 Å². The monoisotopic (exact) mass is 214 g/mol. The first-order valence-electron chi connectivity index (χ1n) is 4.09. The molecule has 7 heteroatoms. The Kier molecular flexibility index (Phi) is 3.30. The van der Waals surface area contributed by atoms with E-state index in [-0.39, 0.29) is 12.5 Å². The third-order valence-electron chi connectivity index (χ3n) is 1.99. The molecule has 0 aromatic carbocycles. The van der Waals surface area contributed by atoms with E-state index in [1.807, 2.05) is 0 Å². The van der Waals surface area contributed by atoms with E-state index in [2.05, 4.69) is 5.32 Å². The van der Waals surface area contributed by atoms with Crippen molar-refractivity contribution >= 4 is 5.91 Å². The quantitative estimate of drug-likeness (QED) is 0.657. The minimum Gasteiger partial charge on any atom is -0.350 e. The number of halogens is 4. The fourth-order valence-electron chi connectivity index (χ4n) is 0.947. The molecule has 3 nitrogen and oxygen atoms in total. The molecule has 1 aliphatic heterocycles. The second-order valence-corrected chi connectivity index (χ2v) is 3.16. The third-order valence-corrected chi connectivity index (χ3v) is 1.99. The number of hydrogen-bond donors (Lipinski definition) is 2. The number of hydrogen-bond acceptors (Lipinski definition) is 2. The largest absolute Gasteiger partial charge is 0.383 e. The normalized spacial score (nSPS) is 18.1. The van der Waals surface area contributed by atoms with Gasteiger partial charge >= 0.3 is 12.3 Å². The summed E-state index contributed by atoms with van der Waals surface area (Å²) in [5, 5.41) is 4.66. The van der Waals surface area contributed by atoms with E-state index in [0.29, 0.717) is 13.1 Å². The van der Waals surface area contributed by atoms with E-state index in [4.69, 9.17) is 0 Å². The number of alkyl halides is 4. The summed E-state index contributed by atoms with van der Waals surface area (Å²) in [7, 11) is 0. The van der Waals surface area contributed by atoms with Crippen LogP contribution in [0.15, 0.2) is 0 Å². The van der Waals surface area contributed by atoms with E-state index in [1.54, 1.807) is 5.32 Å². The molecule has 0 bridgehead atoms. The van der Waals surface area contributed by atoms with E-state index >= 15 is 0 Å². The van der Waals surface area contributed by atoms with Gasteiger partial charge in [-0.1, -0.05) is 0 Å². The molecule has 0 unspecified atom stereocenters. The van der Waals surface area contributed by atoms with E-state index in [0.717, 1.165) is 0 Å². The van der Waals surface area contributed by atoms with Crippen LogP contribution in [0.2, 0.25) is 0 Å². The molecule has 1 rings (SSSR count). The summed E-state index contributed by atoms with van der Waals surface area (Å²) in [6.07, 6.45) is -3.96. The minimum absolute atomic E-state index is 0.00808. The Hall–Kier alpha value is -0.850. The molecule has 0 aromatic heterocycles. The summed E-state index contributed by atoms with van der Waals surface area (Å²) < 4.78 is 48.0. The molecular weight excluding hydrogens is 204 g/mol. The molecule has 1 aliphatic rings. The zero-order chi connectivity index (χ0) is 10.8. The van der Waals surface area contributed by atoms with Gasteiger partial charge in [-0.15, -0.1) is 0 Å². The van der Waals surface area contributed by atoms with E-state index in [1.165, 1.54) is 0 Å². The van der Waals surface area contributed by atoms with Crippen LogP contribution in [0.1, 0.15) is 0 Å². The fraction of sp³-hybridized carbons (Fsp3) is 0.857. The van der Waals surface area contributed by atoms with Crippen LogP contribution in [0.25, 0.3) is 0 Å². The molecular formula is C7H10F4N2O. The molecule has 0 aromatic rings. The smallest absolute Gasteiger partial charge is 0.350 e. The number of nitrogens with one attached hydrogen (secondary N) is 2. The van der Waals surface area contributed by atoms with Crippen LogP contribution < -0.4 is 10.6 Å². The molecule has 0 aliphatic carbocycles. The third kappa shape index (κ3) is 2.34. The Balaban J connectivity index is 2.32. The highest BCUT2D eigenvalue weighted by Gasteiger charge is 2.48. The molecule has 0 saturated carbocycles. The van der Waals surface area contributed by atoms with Gasteiger partial charge in [-0.05, 0) is 0 Å². The predicted molar refractivity (Wildman–Crippen MR) is 40.3 cm³/mol. The SMILES string of the molecule is O=C(NCC1CNC1)C(F)(F)C(F)F. The summed E-state index contributed by atoms with van der Waals surface area (Å²) in [6.45, 7) is 1.23. The zero-order valence-corrected chi connectivity index (χ0v) is 7.20. The Bertz CT molecular complexity index is 218. The number of carbonyl (C=O) groups excluding carboxylic acids is 1. The summed E-state index contributed by atoms with van der Waals surface area (Å²) in [6, 6.07) is 0. The summed E-state index contributed by atoms with van der Waals surface area (Å²) in [5.41, 5.74) is 0. The lowest BCUT2D eigenvalue weighted by Gasteiger charge is -2.27. The minimum atomic E-state index is -4.59. The molecule has 1 fully saturated rings. The van der Waals surface area contributed by atoms with Crippen LogP contribution in [0.3, 0.4) is 0 Å². The van der Waals surface area contributed by atoms with Crippen molar-refractivity contribution in [2.24, 2.45) is 5.92 Å². The average Bonchev–Trinajstić information content (AvgIpc) is 2.00.